The Kier molecular flexibility index (Phi) is 4.80. The molecule has 0 aliphatic carbocycles. The summed E-state index contributed by atoms with van der Waals surface area (Å²) in [5, 5.41) is 9.02. The van der Waals surface area contributed by atoms with E-state index in [1.165, 1.54) is 12.8 Å². The van der Waals surface area contributed by atoms with Crippen molar-refractivity contribution in [1.29, 1.82) is 0 Å². The normalized spacial score (nSPS) is 27.0. The zero-order valence-corrected chi connectivity index (χ0v) is 11.7. The molecule has 0 bridgehead atoms. The lowest BCUT2D eigenvalue weighted by molar-refractivity contribution is -0.142. The molecular weight excluding hydrogens is 244 g/mol. The van der Waals surface area contributed by atoms with Crippen molar-refractivity contribution in [2.45, 2.75) is 45.1 Å². The van der Waals surface area contributed by atoms with E-state index in [0.29, 0.717) is 13.0 Å². The van der Waals surface area contributed by atoms with E-state index < -0.39 is 5.97 Å². The molecule has 0 aromatic carbocycles. The van der Waals surface area contributed by atoms with E-state index in [9.17, 15) is 9.59 Å². The van der Waals surface area contributed by atoms with Gasteiger partial charge in [0.15, 0.2) is 0 Å². The van der Waals surface area contributed by atoms with Crippen LogP contribution >= 0.6 is 0 Å². The smallest absolute Gasteiger partial charge is 0.307 e. The lowest BCUT2D eigenvalue weighted by atomic mass is 10.1. The second kappa shape index (κ2) is 6.37. The van der Waals surface area contributed by atoms with Gasteiger partial charge in [0.1, 0.15) is 0 Å². The zero-order chi connectivity index (χ0) is 13.8. The fourth-order valence-electron chi connectivity index (χ4n) is 3.05. The van der Waals surface area contributed by atoms with Crippen LogP contribution < -0.4 is 0 Å². The Balaban J connectivity index is 1.90. The Morgan fingerprint density at radius 1 is 1.11 bits per heavy atom. The number of carbonyl (C=O) groups is 2. The summed E-state index contributed by atoms with van der Waals surface area (Å²) >= 11 is 0. The minimum absolute atomic E-state index is 0.174. The summed E-state index contributed by atoms with van der Waals surface area (Å²) in [4.78, 5) is 27.4. The molecule has 2 rings (SSSR count). The number of likely N-dealkylation sites (tertiary alicyclic amines) is 2. The number of nitrogens with zero attached hydrogens (tertiary/aromatic N) is 2. The van der Waals surface area contributed by atoms with Gasteiger partial charge in [-0.3, -0.25) is 14.5 Å². The van der Waals surface area contributed by atoms with Crippen molar-refractivity contribution in [2.24, 2.45) is 5.92 Å². The van der Waals surface area contributed by atoms with E-state index in [1.54, 1.807) is 0 Å². The fourth-order valence-corrected chi connectivity index (χ4v) is 3.05. The number of rotatable bonds is 3. The van der Waals surface area contributed by atoms with Crippen molar-refractivity contribution in [3.8, 4) is 0 Å². The minimum Gasteiger partial charge on any atom is -0.481 e. The molecule has 1 N–H and O–H groups in total. The number of hydrogen-bond acceptors (Lipinski definition) is 3. The predicted molar refractivity (Wildman–Crippen MR) is 71.8 cm³/mol. The minimum atomic E-state index is -0.739. The van der Waals surface area contributed by atoms with E-state index in [1.807, 2.05) is 16.7 Å². The highest BCUT2D eigenvalue weighted by atomic mass is 16.4. The van der Waals surface area contributed by atoms with Crippen molar-refractivity contribution in [2.75, 3.05) is 26.2 Å². The lowest BCUT2D eigenvalue weighted by Gasteiger charge is -2.29. The molecule has 2 fully saturated rings. The molecule has 5 nitrogen and oxygen atoms in total. The first-order valence-corrected chi connectivity index (χ1v) is 7.35. The maximum absolute atomic E-state index is 12.5. The first kappa shape index (κ1) is 14.3. The van der Waals surface area contributed by atoms with E-state index >= 15 is 0 Å². The Morgan fingerprint density at radius 2 is 1.74 bits per heavy atom. The Bertz CT molecular complexity index is 338. The standard InChI is InChI=1S/C14H24N2O3/c1-11(16-9-6-12(10-16)14(18)19)13(17)15-7-4-2-3-5-8-15/h11-12H,2-10H2,1H3,(H,18,19). The summed E-state index contributed by atoms with van der Waals surface area (Å²) in [6, 6.07) is -0.178. The van der Waals surface area contributed by atoms with Gasteiger partial charge in [0.2, 0.25) is 5.91 Å². The van der Waals surface area contributed by atoms with Gasteiger partial charge in [-0.2, -0.15) is 0 Å². The molecule has 2 heterocycles. The second-order valence-corrected chi connectivity index (χ2v) is 5.73. The van der Waals surface area contributed by atoms with E-state index in [2.05, 4.69) is 0 Å². The molecule has 0 aromatic rings. The third-order valence-electron chi connectivity index (χ3n) is 4.39. The SMILES string of the molecule is CC(C(=O)N1CCCCCC1)N1CCC(C(=O)O)C1. The Hall–Kier alpha value is -1.10. The van der Waals surface area contributed by atoms with Crippen LogP contribution in [0.3, 0.4) is 0 Å². The van der Waals surface area contributed by atoms with Gasteiger partial charge in [-0.15, -0.1) is 0 Å². The van der Waals surface area contributed by atoms with Gasteiger partial charge in [-0.25, -0.2) is 0 Å². The third kappa shape index (κ3) is 3.47. The highest BCUT2D eigenvalue weighted by Gasteiger charge is 2.34. The van der Waals surface area contributed by atoms with Crippen LogP contribution in [0.25, 0.3) is 0 Å². The first-order valence-electron chi connectivity index (χ1n) is 7.35. The molecule has 2 atom stereocenters. The molecular formula is C14H24N2O3. The molecule has 0 saturated carbocycles. The van der Waals surface area contributed by atoms with Gasteiger partial charge >= 0.3 is 5.97 Å². The fraction of sp³-hybridized carbons (Fsp3) is 0.857. The van der Waals surface area contributed by atoms with E-state index in [0.717, 1.165) is 32.5 Å². The highest BCUT2D eigenvalue weighted by molar-refractivity contribution is 5.81. The van der Waals surface area contributed by atoms with Crippen LogP contribution in [-0.2, 0) is 9.59 Å². The summed E-state index contributed by atoms with van der Waals surface area (Å²) in [6.45, 7) is 4.87. The monoisotopic (exact) mass is 268 g/mol. The maximum Gasteiger partial charge on any atom is 0.307 e. The summed E-state index contributed by atoms with van der Waals surface area (Å²) in [5.74, 6) is -0.871. The number of amides is 1. The highest BCUT2D eigenvalue weighted by Crippen LogP contribution is 2.20. The third-order valence-corrected chi connectivity index (χ3v) is 4.39. The topological polar surface area (TPSA) is 60.9 Å². The van der Waals surface area contributed by atoms with Crippen LogP contribution in [0.15, 0.2) is 0 Å². The maximum atomic E-state index is 12.5. The average molecular weight is 268 g/mol. The summed E-state index contributed by atoms with van der Waals surface area (Å²) < 4.78 is 0. The number of aliphatic carboxylic acids is 1. The number of carboxylic acid groups (broad SMARTS) is 1. The van der Waals surface area contributed by atoms with Crippen LogP contribution in [0.2, 0.25) is 0 Å². The largest absolute Gasteiger partial charge is 0.481 e. The molecule has 2 saturated heterocycles. The molecule has 0 spiro atoms. The molecule has 0 aromatic heterocycles. The quantitative estimate of drug-likeness (QED) is 0.835. The molecule has 19 heavy (non-hydrogen) atoms. The Labute approximate surface area is 114 Å². The van der Waals surface area contributed by atoms with Gasteiger partial charge < -0.3 is 10.0 Å². The van der Waals surface area contributed by atoms with Crippen molar-refractivity contribution in [1.82, 2.24) is 9.80 Å². The van der Waals surface area contributed by atoms with E-state index in [-0.39, 0.29) is 17.9 Å². The molecule has 0 radical (unpaired) electrons. The summed E-state index contributed by atoms with van der Waals surface area (Å²) in [5.41, 5.74) is 0. The number of carboxylic acids is 1. The predicted octanol–water partition coefficient (Wildman–Crippen LogP) is 1.18. The zero-order valence-electron chi connectivity index (χ0n) is 11.7. The van der Waals surface area contributed by atoms with Crippen LogP contribution in [-0.4, -0.2) is 59.0 Å². The van der Waals surface area contributed by atoms with Crippen molar-refractivity contribution in [3.63, 3.8) is 0 Å². The Morgan fingerprint density at radius 3 is 2.26 bits per heavy atom. The summed E-state index contributed by atoms with van der Waals surface area (Å²) in [7, 11) is 0. The molecule has 5 heteroatoms. The van der Waals surface area contributed by atoms with Crippen LogP contribution in [0.5, 0.6) is 0 Å². The van der Waals surface area contributed by atoms with Crippen LogP contribution in [0.4, 0.5) is 0 Å². The van der Waals surface area contributed by atoms with Crippen molar-refractivity contribution < 1.29 is 14.7 Å². The van der Waals surface area contributed by atoms with Crippen LogP contribution in [0.1, 0.15) is 39.0 Å². The lowest BCUT2D eigenvalue weighted by Crippen LogP contribution is -2.46. The molecule has 2 aliphatic heterocycles. The van der Waals surface area contributed by atoms with Crippen LogP contribution in [0, 0.1) is 5.92 Å². The van der Waals surface area contributed by atoms with Crippen molar-refractivity contribution in [3.05, 3.63) is 0 Å². The molecule has 1 amide bonds. The van der Waals surface area contributed by atoms with Gasteiger partial charge in [-0.1, -0.05) is 12.8 Å². The molecule has 2 unspecified atom stereocenters. The molecule has 108 valence electrons. The van der Waals surface area contributed by atoms with Crippen molar-refractivity contribution >= 4 is 11.9 Å². The second-order valence-electron chi connectivity index (χ2n) is 5.73. The number of carbonyl (C=O) groups excluding carboxylic acids is 1. The van der Waals surface area contributed by atoms with E-state index in [4.69, 9.17) is 5.11 Å². The van der Waals surface area contributed by atoms with Gasteiger partial charge in [-0.05, 0) is 32.7 Å². The first-order chi connectivity index (χ1) is 9.09. The average Bonchev–Trinajstić information content (AvgIpc) is 2.73. The van der Waals surface area contributed by atoms with Gasteiger partial charge in [0.05, 0.1) is 12.0 Å². The van der Waals surface area contributed by atoms with Gasteiger partial charge in [0, 0.05) is 19.6 Å². The molecule has 2 aliphatic rings. The number of hydrogen-bond donors (Lipinski definition) is 1. The van der Waals surface area contributed by atoms with Gasteiger partial charge in [0.25, 0.3) is 0 Å². The summed E-state index contributed by atoms with van der Waals surface area (Å²) in [6.07, 6.45) is 5.27.